The number of nitrogens with zero attached hydrogens (tertiary/aromatic N) is 3. The van der Waals surface area contributed by atoms with Crippen molar-refractivity contribution in [3.63, 3.8) is 0 Å². The third-order valence-electron chi connectivity index (χ3n) is 6.66. The van der Waals surface area contributed by atoms with Crippen LogP contribution >= 0.6 is 11.6 Å². The van der Waals surface area contributed by atoms with Crippen LogP contribution in [0.3, 0.4) is 0 Å². The molecule has 1 aromatic rings. The fourth-order valence-corrected chi connectivity index (χ4v) is 5.16. The first-order chi connectivity index (χ1) is 13.7. The number of hydrogen-bond donors (Lipinski definition) is 1. The molecule has 0 radical (unpaired) electrons. The second-order valence-corrected chi connectivity index (χ2v) is 9.15. The van der Waals surface area contributed by atoms with E-state index in [0.29, 0.717) is 11.6 Å². The Balaban J connectivity index is 1.32. The van der Waals surface area contributed by atoms with Gasteiger partial charge in [-0.25, -0.2) is 4.68 Å². The maximum atomic E-state index is 12.8. The fourth-order valence-electron chi connectivity index (χ4n) is 4.95. The molecule has 156 valence electrons. The minimum Gasteiger partial charge on any atom is -0.382 e. The monoisotopic (exact) mass is 408 g/mol. The smallest absolute Gasteiger partial charge is 0.287 e. The average molecular weight is 409 g/mol. The number of rotatable bonds is 6. The van der Waals surface area contributed by atoms with E-state index in [0.717, 1.165) is 51.4 Å². The Kier molecular flexibility index (Phi) is 6.91. The summed E-state index contributed by atoms with van der Waals surface area (Å²) in [5, 5.41) is 8.05. The molecule has 0 spiro atoms. The predicted octanol–water partition coefficient (Wildman–Crippen LogP) is 3.56. The molecule has 7 heteroatoms. The van der Waals surface area contributed by atoms with Gasteiger partial charge in [-0.15, -0.1) is 0 Å². The molecule has 1 saturated carbocycles. The van der Waals surface area contributed by atoms with Crippen LogP contribution in [-0.4, -0.2) is 54.1 Å². The van der Waals surface area contributed by atoms with Crippen molar-refractivity contribution >= 4 is 17.3 Å². The van der Waals surface area contributed by atoms with Gasteiger partial charge >= 0.3 is 0 Å². The van der Waals surface area contributed by atoms with Crippen molar-refractivity contribution < 1.29 is 4.74 Å². The molecular weight excluding hydrogens is 376 g/mol. The van der Waals surface area contributed by atoms with E-state index >= 15 is 0 Å². The zero-order valence-corrected chi connectivity index (χ0v) is 17.5. The molecule has 1 aromatic heterocycles. The zero-order valence-electron chi connectivity index (χ0n) is 16.7. The number of likely N-dealkylation sites (tertiary alicyclic amines) is 1. The van der Waals surface area contributed by atoms with E-state index < -0.39 is 0 Å². The predicted molar refractivity (Wildman–Crippen MR) is 112 cm³/mol. The summed E-state index contributed by atoms with van der Waals surface area (Å²) in [6.07, 6.45) is 11.1. The van der Waals surface area contributed by atoms with Crippen molar-refractivity contribution in [2.45, 2.75) is 57.4 Å². The number of aromatic nitrogens is 2. The van der Waals surface area contributed by atoms with Crippen LogP contribution in [0.15, 0.2) is 11.0 Å². The van der Waals surface area contributed by atoms with Crippen LogP contribution in [0.4, 0.5) is 5.69 Å². The van der Waals surface area contributed by atoms with Crippen LogP contribution in [0.2, 0.25) is 5.02 Å². The molecule has 1 N–H and O–H groups in total. The summed E-state index contributed by atoms with van der Waals surface area (Å²) in [7, 11) is 0. The van der Waals surface area contributed by atoms with Crippen LogP contribution in [0, 0.1) is 11.8 Å². The molecule has 28 heavy (non-hydrogen) atoms. The largest absolute Gasteiger partial charge is 0.382 e. The minimum absolute atomic E-state index is 0.158. The Bertz CT molecular complexity index is 690. The molecule has 6 nitrogen and oxygen atoms in total. The molecule has 3 aliphatic rings. The SMILES string of the molecule is O=c1c(Cl)c(NC[C@H]2CCCOC2)cnn1C1CCC(CN2CCCC2)CC1. The minimum atomic E-state index is -0.158. The molecule has 0 unspecified atom stereocenters. The van der Waals surface area contributed by atoms with Gasteiger partial charge in [0.05, 0.1) is 24.5 Å². The van der Waals surface area contributed by atoms with E-state index in [-0.39, 0.29) is 16.6 Å². The number of ether oxygens (including phenoxy) is 1. The van der Waals surface area contributed by atoms with E-state index in [4.69, 9.17) is 16.3 Å². The van der Waals surface area contributed by atoms with Crippen LogP contribution in [-0.2, 0) is 4.74 Å². The number of nitrogens with one attached hydrogen (secondary N) is 1. The van der Waals surface area contributed by atoms with E-state index in [2.05, 4.69) is 15.3 Å². The summed E-state index contributed by atoms with van der Waals surface area (Å²) >= 11 is 6.40. The van der Waals surface area contributed by atoms with Crippen LogP contribution in [0.5, 0.6) is 0 Å². The van der Waals surface area contributed by atoms with Gasteiger partial charge in [0.25, 0.3) is 5.56 Å². The topological polar surface area (TPSA) is 59.4 Å². The number of halogens is 1. The van der Waals surface area contributed by atoms with E-state index in [9.17, 15) is 4.79 Å². The molecule has 3 heterocycles. The zero-order chi connectivity index (χ0) is 19.3. The summed E-state index contributed by atoms with van der Waals surface area (Å²) in [4.78, 5) is 15.4. The van der Waals surface area contributed by atoms with Gasteiger partial charge in [0.15, 0.2) is 0 Å². The van der Waals surface area contributed by atoms with Gasteiger partial charge in [-0.2, -0.15) is 5.10 Å². The van der Waals surface area contributed by atoms with Crippen LogP contribution in [0.1, 0.15) is 57.4 Å². The lowest BCUT2D eigenvalue weighted by molar-refractivity contribution is 0.0595. The van der Waals surface area contributed by atoms with Gasteiger partial charge in [-0.1, -0.05) is 11.6 Å². The lowest BCUT2D eigenvalue weighted by atomic mass is 9.85. The first-order valence-corrected chi connectivity index (χ1v) is 11.4. The number of anilines is 1. The molecule has 4 rings (SSSR count). The van der Waals surface area contributed by atoms with Crippen LogP contribution < -0.4 is 10.9 Å². The molecule has 1 aliphatic carbocycles. The van der Waals surface area contributed by atoms with Gasteiger partial charge in [0, 0.05) is 19.7 Å². The maximum absolute atomic E-state index is 12.8. The molecule has 0 amide bonds. The van der Waals surface area contributed by atoms with Gasteiger partial charge in [0.1, 0.15) is 5.02 Å². The standard InChI is InChI=1S/C21H33ClN4O2/c22-20-19(23-12-17-4-3-11-28-15-17)13-24-26(21(20)27)18-7-5-16(6-8-18)14-25-9-1-2-10-25/h13,16-18,23H,1-12,14-15H2/t16?,17-,18?/m1/s1. The lowest BCUT2D eigenvalue weighted by Crippen LogP contribution is -2.34. The highest BCUT2D eigenvalue weighted by Crippen LogP contribution is 2.32. The summed E-state index contributed by atoms with van der Waals surface area (Å²) < 4.78 is 7.14. The van der Waals surface area contributed by atoms with Gasteiger partial charge in [-0.3, -0.25) is 4.79 Å². The highest BCUT2D eigenvalue weighted by molar-refractivity contribution is 6.32. The second kappa shape index (κ2) is 9.59. The summed E-state index contributed by atoms with van der Waals surface area (Å²) in [5.41, 5.74) is 0.491. The van der Waals surface area contributed by atoms with E-state index in [1.807, 2.05) is 0 Å². The highest BCUT2D eigenvalue weighted by atomic mass is 35.5. The molecule has 2 aliphatic heterocycles. The quantitative estimate of drug-likeness (QED) is 0.779. The second-order valence-electron chi connectivity index (χ2n) is 8.77. The Hall–Kier alpha value is -1.11. The Morgan fingerprint density at radius 3 is 2.61 bits per heavy atom. The highest BCUT2D eigenvalue weighted by Gasteiger charge is 2.27. The van der Waals surface area contributed by atoms with Gasteiger partial charge in [0.2, 0.25) is 0 Å². The first-order valence-electron chi connectivity index (χ1n) is 11.0. The van der Waals surface area contributed by atoms with Crippen molar-refractivity contribution in [2.75, 3.05) is 44.7 Å². The fraction of sp³-hybridized carbons (Fsp3) is 0.810. The molecule has 0 bridgehead atoms. The third-order valence-corrected chi connectivity index (χ3v) is 7.02. The molecule has 0 aromatic carbocycles. The van der Waals surface area contributed by atoms with Crippen molar-refractivity contribution in [1.82, 2.24) is 14.7 Å². The van der Waals surface area contributed by atoms with Crippen molar-refractivity contribution in [1.29, 1.82) is 0 Å². The van der Waals surface area contributed by atoms with E-state index in [1.54, 1.807) is 10.9 Å². The summed E-state index contributed by atoms with van der Waals surface area (Å²) in [6, 6.07) is 0.181. The normalized spacial score (nSPS) is 29.1. The van der Waals surface area contributed by atoms with Crippen molar-refractivity contribution in [2.24, 2.45) is 11.8 Å². The maximum Gasteiger partial charge on any atom is 0.287 e. The Morgan fingerprint density at radius 2 is 1.89 bits per heavy atom. The van der Waals surface area contributed by atoms with Crippen molar-refractivity contribution in [3.8, 4) is 0 Å². The van der Waals surface area contributed by atoms with Gasteiger partial charge < -0.3 is 15.0 Å². The van der Waals surface area contributed by atoms with E-state index in [1.165, 1.54) is 45.3 Å². The Morgan fingerprint density at radius 1 is 1.11 bits per heavy atom. The van der Waals surface area contributed by atoms with Gasteiger partial charge in [-0.05, 0) is 76.3 Å². The molecule has 2 saturated heterocycles. The van der Waals surface area contributed by atoms with Crippen molar-refractivity contribution in [3.05, 3.63) is 21.6 Å². The molecular formula is C21H33ClN4O2. The first kappa shape index (κ1) is 20.2. The average Bonchev–Trinajstić information content (AvgIpc) is 3.24. The lowest BCUT2D eigenvalue weighted by Gasteiger charge is -2.31. The number of hydrogen-bond acceptors (Lipinski definition) is 5. The third kappa shape index (κ3) is 4.89. The summed E-state index contributed by atoms with van der Waals surface area (Å²) in [5.74, 6) is 1.23. The molecule has 1 atom stereocenters. The molecule has 3 fully saturated rings. The van der Waals surface area contributed by atoms with Crippen LogP contribution in [0.25, 0.3) is 0 Å². The Labute approximate surface area is 172 Å². The summed E-state index contributed by atoms with van der Waals surface area (Å²) in [6.45, 7) is 6.15.